The molecule has 0 aliphatic heterocycles. The van der Waals surface area contributed by atoms with Crippen molar-refractivity contribution in [2.75, 3.05) is 0 Å². The van der Waals surface area contributed by atoms with E-state index in [-0.39, 0.29) is 5.54 Å². The molecule has 1 nitrogen and oxygen atoms in total. The van der Waals surface area contributed by atoms with Crippen molar-refractivity contribution < 1.29 is 0 Å². The lowest BCUT2D eigenvalue weighted by molar-refractivity contribution is 0.491. The van der Waals surface area contributed by atoms with Crippen molar-refractivity contribution >= 4 is 0 Å². The molecule has 0 fully saturated rings. The molecule has 1 rings (SSSR count). The summed E-state index contributed by atoms with van der Waals surface area (Å²) in [6, 6.07) is 8.64. The van der Waals surface area contributed by atoms with Gasteiger partial charge in [0.05, 0.1) is 5.54 Å². The van der Waals surface area contributed by atoms with Crippen LogP contribution in [-0.4, -0.2) is 5.54 Å². The minimum absolute atomic E-state index is 0.233. The summed E-state index contributed by atoms with van der Waals surface area (Å²) in [4.78, 5) is 0. The summed E-state index contributed by atoms with van der Waals surface area (Å²) in [6.45, 7) is 7.00. The number of rotatable bonds is 4. The molecular weight excluding hydrogens is 182 g/mol. The van der Waals surface area contributed by atoms with E-state index in [1.165, 1.54) is 11.1 Å². The van der Waals surface area contributed by atoms with E-state index in [9.17, 15) is 0 Å². The highest BCUT2D eigenvalue weighted by Gasteiger charge is 2.11. The van der Waals surface area contributed by atoms with Crippen LogP contribution in [0.3, 0.4) is 0 Å². The Hall–Kier alpha value is -1.26. The van der Waals surface area contributed by atoms with Gasteiger partial charge < -0.3 is 0 Å². The third-order valence-corrected chi connectivity index (χ3v) is 2.53. The summed E-state index contributed by atoms with van der Waals surface area (Å²) in [5.41, 5.74) is 2.41. The Bertz CT molecular complexity index is 341. The van der Waals surface area contributed by atoms with Crippen LogP contribution in [0.1, 0.15) is 31.9 Å². The van der Waals surface area contributed by atoms with Gasteiger partial charge in [0, 0.05) is 6.54 Å². The molecule has 0 atom stereocenters. The number of hydrogen-bond donors (Lipinski definition) is 1. The second-order valence-electron chi connectivity index (χ2n) is 4.29. The summed E-state index contributed by atoms with van der Waals surface area (Å²) in [5, 5.41) is 3.33. The molecule has 0 saturated heterocycles. The van der Waals surface area contributed by atoms with Gasteiger partial charge in [-0.2, -0.15) is 0 Å². The van der Waals surface area contributed by atoms with Gasteiger partial charge in [0.2, 0.25) is 0 Å². The first kappa shape index (κ1) is 11.8. The zero-order chi connectivity index (χ0) is 11.3. The molecule has 1 aromatic carbocycles. The van der Waals surface area contributed by atoms with Gasteiger partial charge in [-0.1, -0.05) is 37.1 Å². The molecule has 0 saturated carbocycles. The second kappa shape index (κ2) is 5.00. The summed E-state index contributed by atoms with van der Waals surface area (Å²) >= 11 is 0. The van der Waals surface area contributed by atoms with Crippen LogP contribution in [-0.2, 0) is 13.0 Å². The fourth-order valence-electron chi connectivity index (χ4n) is 1.27. The van der Waals surface area contributed by atoms with Gasteiger partial charge in [-0.15, -0.1) is 6.42 Å². The Morgan fingerprint density at radius 3 is 2.20 bits per heavy atom. The van der Waals surface area contributed by atoms with Crippen LogP contribution in [0.2, 0.25) is 0 Å². The number of benzene rings is 1. The molecule has 0 aromatic heterocycles. The third kappa shape index (κ3) is 3.77. The van der Waals surface area contributed by atoms with Crippen molar-refractivity contribution in [3.05, 3.63) is 35.4 Å². The average molecular weight is 201 g/mol. The fourth-order valence-corrected chi connectivity index (χ4v) is 1.27. The minimum atomic E-state index is -0.233. The molecule has 80 valence electrons. The summed E-state index contributed by atoms with van der Waals surface area (Å²) in [7, 11) is 0. The van der Waals surface area contributed by atoms with Crippen molar-refractivity contribution in [3.63, 3.8) is 0 Å². The highest BCUT2D eigenvalue weighted by molar-refractivity contribution is 5.23. The molecule has 1 heteroatoms. The molecule has 0 spiro atoms. The van der Waals surface area contributed by atoms with Crippen LogP contribution in [0.4, 0.5) is 0 Å². The highest BCUT2D eigenvalue weighted by Crippen LogP contribution is 2.07. The van der Waals surface area contributed by atoms with Gasteiger partial charge in [0.25, 0.3) is 0 Å². The van der Waals surface area contributed by atoms with Gasteiger partial charge >= 0.3 is 0 Å². The summed E-state index contributed by atoms with van der Waals surface area (Å²) in [5.74, 6) is 2.72. The fraction of sp³-hybridized carbons (Fsp3) is 0.429. The molecule has 0 radical (unpaired) electrons. The largest absolute Gasteiger partial charge is 0.298 e. The Morgan fingerprint density at radius 1 is 1.20 bits per heavy atom. The van der Waals surface area contributed by atoms with Crippen LogP contribution < -0.4 is 5.32 Å². The normalized spacial score (nSPS) is 11.1. The van der Waals surface area contributed by atoms with Crippen molar-refractivity contribution in [2.45, 2.75) is 39.3 Å². The van der Waals surface area contributed by atoms with Crippen molar-refractivity contribution in [3.8, 4) is 12.3 Å². The van der Waals surface area contributed by atoms with E-state index in [4.69, 9.17) is 6.42 Å². The predicted molar refractivity (Wildman–Crippen MR) is 65.6 cm³/mol. The van der Waals surface area contributed by atoms with Crippen LogP contribution in [0.15, 0.2) is 24.3 Å². The number of terminal acetylenes is 1. The maximum Gasteiger partial charge on any atom is 0.0743 e. The molecule has 0 aliphatic rings. The standard InChI is InChI=1S/C14H19N/c1-5-12-7-9-13(10-8-12)11-15-14(3,4)6-2/h2,7-10,15H,5,11H2,1,3-4H3. The van der Waals surface area contributed by atoms with Gasteiger partial charge in [-0.3, -0.25) is 5.32 Å². The number of hydrogen-bond acceptors (Lipinski definition) is 1. The maximum atomic E-state index is 5.40. The molecule has 0 aliphatic carbocycles. The Morgan fingerprint density at radius 2 is 1.73 bits per heavy atom. The first-order valence-corrected chi connectivity index (χ1v) is 5.38. The Labute approximate surface area is 92.9 Å². The van der Waals surface area contributed by atoms with Crippen molar-refractivity contribution in [2.24, 2.45) is 0 Å². The van der Waals surface area contributed by atoms with Crippen LogP contribution in [0.25, 0.3) is 0 Å². The van der Waals surface area contributed by atoms with Crippen LogP contribution >= 0.6 is 0 Å². The average Bonchev–Trinajstić information content (AvgIpc) is 2.27. The zero-order valence-electron chi connectivity index (χ0n) is 9.80. The van der Waals surface area contributed by atoms with Crippen molar-refractivity contribution in [1.82, 2.24) is 5.32 Å². The number of nitrogens with one attached hydrogen (secondary N) is 1. The lowest BCUT2D eigenvalue weighted by Crippen LogP contribution is -2.36. The molecule has 1 N–H and O–H groups in total. The lowest BCUT2D eigenvalue weighted by Gasteiger charge is -2.19. The maximum absolute atomic E-state index is 5.40. The lowest BCUT2D eigenvalue weighted by atomic mass is 10.1. The first-order valence-electron chi connectivity index (χ1n) is 5.38. The Balaban J connectivity index is 2.56. The van der Waals surface area contributed by atoms with E-state index in [1.54, 1.807) is 0 Å². The van der Waals surface area contributed by atoms with E-state index < -0.39 is 0 Å². The third-order valence-electron chi connectivity index (χ3n) is 2.53. The van der Waals surface area contributed by atoms with Crippen LogP contribution in [0, 0.1) is 12.3 Å². The molecule has 0 unspecified atom stereocenters. The summed E-state index contributed by atoms with van der Waals surface area (Å²) < 4.78 is 0. The van der Waals surface area contributed by atoms with Crippen LogP contribution in [0.5, 0.6) is 0 Å². The topological polar surface area (TPSA) is 12.0 Å². The molecule has 0 heterocycles. The quantitative estimate of drug-likeness (QED) is 0.739. The molecule has 15 heavy (non-hydrogen) atoms. The van der Waals surface area contributed by atoms with E-state index in [0.29, 0.717) is 0 Å². The van der Waals surface area contributed by atoms with E-state index in [2.05, 4.69) is 42.4 Å². The SMILES string of the molecule is C#CC(C)(C)NCc1ccc(CC)cc1. The van der Waals surface area contributed by atoms with Crippen molar-refractivity contribution in [1.29, 1.82) is 0 Å². The predicted octanol–water partition coefficient (Wildman–Crippen LogP) is 2.75. The smallest absolute Gasteiger partial charge is 0.0743 e. The van der Waals surface area contributed by atoms with Gasteiger partial charge in [-0.25, -0.2) is 0 Å². The zero-order valence-corrected chi connectivity index (χ0v) is 9.80. The molecular formula is C14H19N. The highest BCUT2D eigenvalue weighted by atomic mass is 14.9. The first-order chi connectivity index (χ1) is 7.07. The number of aryl methyl sites for hydroxylation is 1. The van der Waals surface area contributed by atoms with Gasteiger partial charge in [0.1, 0.15) is 0 Å². The van der Waals surface area contributed by atoms with E-state index in [1.807, 2.05) is 13.8 Å². The molecule has 0 amide bonds. The monoisotopic (exact) mass is 201 g/mol. The Kier molecular flexibility index (Phi) is 3.94. The van der Waals surface area contributed by atoms with E-state index in [0.717, 1.165) is 13.0 Å². The summed E-state index contributed by atoms with van der Waals surface area (Å²) in [6.07, 6.45) is 6.49. The van der Waals surface area contributed by atoms with Gasteiger partial charge in [-0.05, 0) is 31.4 Å². The minimum Gasteiger partial charge on any atom is -0.298 e. The molecule has 1 aromatic rings. The van der Waals surface area contributed by atoms with Gasteiger partial charge in [0.15, 0.2) is 0 Å². The molecule has 0 bridgehead atoms. The van der Waals surface area contributed by atoms with E-state index >= 15 is 0 Å². The second-order valence-corrected chi connectivity index (χ2v) is 4.29.